The standard InChI is InChI=1S/C18H21ClN4O2S/c19-12-3-4-15-13(10-12)21-16(26-15)11-5-8-22(9-6-11)17(24)14-2-1-7-23(14)18(20)25/h3-4,10-11,14H,1-2,5-9H2,(H2,20,25). The molecule has 2 saturated heterocycles. The number of thiazole rings is 1. The highest BCUT2D eigenvalue weighted by atomic mass is 35.5. The number of benzene rings is 1. The first kappa shape index (κ1) is 17.5. The van der Waals surface area contributed by atoms with Crippen molar-refractivity contribution in [2.75, 3.05) is 19.6 Å². The van der Waals surface area contributed by atoms with E-state index < -0.39 is 6.03 Å². The van der Waals surface area contributed by atoms with Gasteiger partial charge < -0.3 is 15.5 Å². The van der Waals surface area contributed by atoms with Crippen molar-refractivity contribution in [1.82, 2.24) is 14.8 Å². The molecule has 138 valence electrons. The topological polar surface area (TPSA) is 79.5 Å². The second kappa shape index (κ2) is 7.04. The molecule has 1 unspecified atom stereocenters. The zero-order chi connectivity index (χ0) is 18.3. The molecule has 1 atom stereocenters. The number of nitrogens with zero attached hydrogens (tertiary/aromatic N) is 3. The molecule has 2 aromatic rings. The predicted molar refractivity (Wildman–Crippen MR) is 102 cm³/mol. The number of likely N-dealkylation sites (tertiary alicyclic amines) is 2. The van der Waals surface area contributed by atoms with Crippen LogP contribution in [0.2, 0.25) is 5.02 Å². The second-order valence-electron chi connectivity index (χ2n) is 6.95. The lowest BCUT2D eigenvalue weighted by Crippen LogP contribution is -2.51. The van der Waals surface area contributed by atoms with Crippen molar-refractivity contribution in [1.29, 1.82) is 0 Å². The summed E-state index contributed by atoms with van der Waals surface area (Å²) in [5.41, 5.74) is 6.34. The van der Waals surface area contributed by atoms with Crippen molar-refractivity contribution in [2.24, 2.45) is 5.73 Å². The molecular formula is C18H21ClN4O2S. The number of hydrogen-bond donors (Lipinski definition) is 1. The number of hydrogen-bond acceptors (Lipinski definition) is 4. The number of fused-ring (bicyclic) bond motifs is 1. The van der Waals surface area contributed by atoms with Crippen LogP contribution in [0.25, 0.3) is 10.2 Å². The lowest BCUT2D eigenvalue weighted by Gasteiger charge is -2.34. The molecule has 8 heteroatoms. The summed E-state index contributed by atoms with van der Waals surface area (Å²) in [6.45, 7) is 1.98. The predicted octanol–water partition coefficient (Wildman–Crippen LogP) is 3.20. The van der Waals surface area contributed by atoms with Crippen LogP contribution in [0.5, 0.6) is 0 Å². The van der Waals surface area contributed by atoms with Crippen molar-refractivity contribution in [3.05, 3.63) is 28.2 Å². The summed E-state index contributed by atoms with van der Waals surface area (Å²) in [7, 11) is 0. The summed E-state index contributed by atoms with van der Waals surface area (Å²) in [5, 5.41) is 1.82. The summed E-state index contributed by atoms with van der Waals surface area (Å²) in [4.78, 5) is 32.4. The summed E-state index contributed by atoms with van der Waals surface area (Å²) < 4.78 is 1.14. The molecule has 0 bridgehead atoms. The van der Waals surface area contributed by atoms with Gasteiger partial charge in [-0.1, -0.05) is 11.6 Å². The Hall–Kier alpha value is -1.86. The van der Waals surface area contributed by atoms with Gasteiger partial charge in [-0.15, -0.1) is 11.3 Å². The van der Waals surface area contributed by atoms with E-state index in [1.54, 1.807) is 11.3 Å². The maximum Gasteiger partial charge on any atom is 0.315 e. The van der Waals surface area contributed by atoms with Gasteiger partial charge in [-0.3, -0.25) is 4.79 Å². The minimum atomic E-state index is -0.496. The first-order valence-corrected chi connectivity index (χ1v) is 10.1. The van der Waals surface area contributed by atoms with Crippen LogP contribution >= 0.6 is 22.9 Å². The van der Waals surface area contributed by atoms with Crippen LogP contribution in [0.1, 0.15) is 36.6 Å². The third-order valence-electron chi connectivity index (χ3n) is 5.34. The molecule has 2 aliphatic heterocycles. The first-order valence-electron chi connectivity index (χ1n) is 8.94. The Morgan fingerprint density at radius 1 is 1.19 bits per heavy atom. The molecule has 4 rings (SSSR count). The Morgan fingerprint density at radius 3 is 2.69 bits per heavy atom. The fourth-order valence-electron chi connectivity index (χ4n) is 3.94. The lowest BCUT2D eigenvalue weighted by atomic mass is 9.97. The molecule has 0 spiro atoms. The Morgan fingerprint density at radius 2 is 1.96 bits per heavy atom. The molecule has 0 saturated carbocycles. The summed E-state index contributed by atoms with van der Waals surface area (Å²) >= 11 is 7.76. The monoisotopic (exact) mass is 392 g/mol. The summed E-state index contributed by atoms with van der Waals surface area (Å²) in [5.74, 6) is 0.405. The minimum Gasteiger partial charge on any atom is -0.351 e. The number of urea groups is 1. The molecule has 3 heterocycles. The summed E-state index contributed by atoms with van der Waals surface area (Å²) in [6.07, 6.45) is 3.33. The molecule has 1 aromatic carbocycles. The van der Waals surface area contributed by atoms with E-state index in [1.807, 2.05) is 23.1 Å². The normalized spacial score (nSPS) is 21.5. The number of nitrogens with two attached hydrogens (primary N) is 1. The van der Waals surface area contributed by atoms with Crippen molar-refractivity contribution in [3.8, 4) is 0 Å². The third kappa shape index (κ3) is 3.25. The SMILES string of the molecule is NC(=O)N1CCCC1C(=O)N1CCC(c2nc3cc(Cl)ccc3s2)CC1. The van der Waals surface area contributed by atoms with E-state index >= 15 is 0 Å². The molecule has 26 heavy (non-hydrogen) atoms. The maximum atomic E-state index is 12.8. The minimum absolute atomic E-state index is 0.0378. The van der Waals surface area contributed by atoms with Gasteiger partial charge in [0.1, 0.15) is 6.04 Å². The molecule has 0 aliphatic carbocycles. The van der Waals surface area contributed by atoms with E-state index in [0.29, 0.717) is 37.0 Å². The number of primary amides is 1. The third-order valence-corrected chi connectivity index (χ3v) is 6.78. The molecule has 2 N–H and O–H groups in total. The van der Waals surface area contributed by atoms with Crippen LogP contribution in [0.15, 0.2) is 18.2 Å². The quantitative estimate of drug-likeness (QED) is 0.852. The van der Waals surface area contributed by atoms with Crippen LogP contribution in [0.4, 0.5) is 4.79 Å². The molecular weight excluding hydrogens is 372 g/mol. The average molecular weight is 393 g/mol. The molecule has 6 nitrogen and oxygen atoms in total. The Balaban J connectivity index is 1.41. The number of carbonyl (C=O) groups is 2. The van der Waals surface area contributed by atoms with Gasteiger partial charge in [-0.25, -0.2) is 9.78 Å². The fourth-order valence-corrected chi connectivity index (χ4v) is 5.22. The van der Waals surface area contributed by atoms with Crippen LogP contribution in [-0.2, 0) is 4.79 Å². The highest BCUT2D eigenvalue weighted by molar-refractivity contribution is 7.18. The Kier molecular flexibility index (Phi) is 4.75. The number of amides is 3. The van der Waals surface area contributed by atoms with Gasteiger partial charge in [-0.2, -0.15) is 0 Å². The molecule has 0 radical (unpaired) electrons. The van der Waals surface area contributed by atoms with E-state index in [-0.39, 0.29) is 11.9 Å². The Bertz CT molecular complexity index is 847. The summed E-state index contributed by atoms with van der Waals surface area (Å²) in [6, 6.07) is 4.92. The molecule has 2 aliphatic rings. The fraction of sp³-hybridized carbons (Fsp3) is 0.500. The van der Waals surface area contributed by atoms with Crippen LogP contribution in [-0.4, -0.2) is 52.4 Å². The smallest absolute Gasteiger partial charge is 0.315 e. The number of halogens is 1. The Labute approximate surface area is 160 Å². The molecule has 1 aromatic heterocycles. The van der Waals surface area contributed by atoms with Gasteiger partial charge in [0.25, 0.3) is 0 Å². The second-order valence-corrected chi connectivity index (χ2v) is 8.45. The number of piperidine rings is 1. The van der Waals surface area contributed by atoms with E-state index in [0.717, 1.165) is 34.5 Å². The maximum absolute atomic E-state index is 12.8. The van der Waals surface area contributed by atoms with Crippen LogP contribution in [0.3, 0.4) is 0 Å². The first-order chi connectivity index (χ1) is 12.5. The van der Waals surface area contributed by atoms with Gasteiger partial charge in [0.2, 0.25) is 5.91 Å². The number of carbonyl (C=O) groups excluding carboxylic acids is 2. The zero-order valence-electron chi connectivity index (χ0n) is 14.4. The number of rotatable bonds is 2. The average Bonchev–Trinajstić information content (AvgIpc) is 3.28. The van der Waals surface area contributed by atoms with Gasteiger partial charge in [0.05, 0.1) is 15.2 Å². The largest absolute Gasteiger partial charge is 0.351 e. The van der Waals surface area contributed by atoms with Gasteiger partial charge in [0.15, 0.2) is 0 Å². The van der Waals surface area contributed by atoms with Gasteiger partial charge in [0, 0.05) is 30.6 Å². The zero-order valence-corrected chi connectivity index (χ0v) is 15.9. The van der Waals surface area contributed by atoms with E-state index in [1.165, 1.54) is 4.90 Å². The van der Waals surface area contributed by atoms with Gasteiger partial charge >= 0.3 is 6.03 Å². The highest BCUT2D eigenvalue weighted by Gasteiger charge is 2.37. The van der Waals surface area contributed by atoms with E-state index in [4.69, 9.17) is 22.3 Å². The van der Waals surface area contributed by atoms with Crippen molar-refractivity contribution in [2.45, 2.75) is 37.6 Å². The van der Waals surface area contributed by atoms with Crippen molar-refractivity contribution >= 4 is 45.1 Å². The van der Waals surface area contributed by atoms with Crippen LogP contribution in [0, 0.1) is 0 Å². The molecule has 2 fully saturated rings. The lowest BCUT2D eigenvalue weighted by molar-refractivity contribution is -0.136. The highest BCUT2D eigenvalue weighted by Crippen LogP contribution is 2.35. The van der Waals surface area contributed by atoms with Crippen molar-refractivity contribution in [3.63, 3.8) is 0 Å². The van der Waals surface area contributed by atoms with E-state index in [9.17, 15) is 9.59 Å². The molecule has 3 amide bonds. The van der Waals surface area contributed by atoms with E-state index in [2.05, 4.69) is 0 Å². The van der Waals surface area contributed by atoms with Crippen molar-refractivity contribution < 1.29 is 9.59 Å². The number of aromatic nitrogens is 1. The van der Waals surface area contributed by atoms with Gasteiger partial charge in [-0.05, 0) is 43.9 Å². The van der Waals surface area contributed by atoms with Crippen LogP contribution < -0.4 is 5.73 Å².